The molecule has 0 amide bonds. The largest absolute Gasteiger partial charge is 0.755 e. The predicted octanol–water partition coefficient (Wildman–Crippen LogP) is 5.26. The van der Waals surface area contributed by atoms with E-state index < -0.39 is 17.2 Å². The lowest BCUT2D eigenvalue weighted by molar-refractivity contribution is 0.0696. The van der Waals surface area contributed by atoms with Gasteiger partial charge in [0.05, 0.1) is 28.2 Å². The molecule has 0 aliphatic carbocycles. The number of hydrogen-bond donors (Lipinski definition) is 1. The topological polar surface area (TPSA) is 80.7 Å². The number of carboxylic acids is 1. The van der Waals surface area contributed by atoms with Crippen LogP contribution < -0.4 is 4.31 Å². The Morgan fingerprint density at radius 2 is 1.48 bits per heavy atom. The maximum Gasteiger partial charge on any atom is 0.335 e. The molecule has 4 rings (SSSR count). The third kappa shape index (κ3) is 4.66. The maximum absolute atomic E-state index is 12.2. The number of aromatic carboxylic acids is 1. The maximum atomic E-state index is 12.2. The van der Waals surface area contributed by atoms with Gasteiger partial charge in [-0.15, -0.1) is 0 Å². The third-order valence-electron chi connectivity index (χ3n) is 5.16. The minimum atomic E-state index is -2.50. The number of rotatable bonds is 7. The van der Waals surface area contributed by atoms with Gasteiger partial charge in [-0.1, -0.05) is 60.7 Å². The Bertz CT molecular complexity index is 1270. The predicted molar refractivity (Wildman–Crippen MR) is 122 cm³/mol. The molecule has 0 radical (unpaired) electrons. The smallest absolute Gasteiger partial charge is 0.335 e. The molecule has 31 heavy (non-hydrogen) atoms. The Balaban J connectivity index is 1.63. The van der Waals surface area contributed by atoms with Crippen LogP contribution in [0.15, 0.2) is 91.0 Å². The molecule has 0 bridgehead atoms. The molecule has 4 aromatic rings. The summed E-state index contributed by atoms with van der Waals surface area (Å²) in [6, 6.07) is 27.5. The summed E-state index contributed by atoms with van der Waals surface area (Å²) >= 11 is -2.50. The molecule has 1 unspecified atom stereocenters. The normalized spacial score (nSPS) is 11.9. The Hall–Kier alpha value is -3.48. The lowest BCUT2D eigenvalue weighted by Crippen LogP contribution is -2.20. The van der Waals surface area contributed by atoms with Crippen LogP contribution >= 0.6 is 0 Å². The molecule has 1 N–H and O–H groups in total. The van der Waals surface area contributed by atoms with E-state index in [0.717, 1.165) is 21.9 Å². The second-order valence-corrected chi connectivity index (χ2v) is 7.98. The molecule has 0 saturated heterocycles. The highest BCUT2D eigenvalue weighted by Crippen LogP contribution is 2.33. The standard InChI is InChI=1S/C25H21NO4S/c27-25(28)21-10-3-6-18(16-21)14-15-19-7-4-11-22(17-19)26(31(29)30)24-13-5-9-20-8-1-2-12-23(20)24/h1-13,16-17H,14-15H2,(H,27,28)(H,29,30)/p-1. The van der Waals surface area contributed by atoms with Crippen molar-refractivity contribution >= 4 is 39.4 Å². The highest BCUT2D eigenvalue weighted by atomic mass is 32.2. The van der Waals surface area contributed by atoms with Crippen LogP contribution in [0.5, 0.6) is 0 Å². The summed E-state index contributed by atoms with van der Waals surface area (Å²) in [5, 5.41) is 11.0. The first-order valence-electron chi connectivity index (χ1n) is 9.81. The van der Waals surface area contributed by atoms with Gasteiger partial charge in [-0.3, -0.25) is 8.51 Å². The molecule has 0 aliphatic heterocycles. The summed E-state index contributed by atoms with van der Waals surface area (Å²) in [4.78, 5) is 11.2. The molecule has 4 aromatic carbocycles. The van der Waals surface area contributed by atoms with Crippen molar-refractivity contribution < 1.29 is 18.7 Å². The van der Waals surface area contributed by atoms with Crippen LogP contribution in [-0.4, -0.2) is 19.8 Å². The monoisotopic (exact) mass is 430 g/mol. The molecule has 0 saturated carbocycles. The summed E-state index contributed by atoms with van der Waals surface area (Å²) in [5.74, 6) is -0.951. The van der Waals surface area contributed by atoms with Gasteiger partial charge < -0.3 is 9.66 Å². The summed E-state index contributed by atoms with van der Waals surface area (Å²) < 4.78 is 25.7. The second-order valence-electron chi connectivity index (χ2n) is 7.19. The van der Waals surface area contributed by atoms with Crippen LogP contribution in [0.25, 0.3) is 10.8 Å². The van der Waals surface area contributed by atoms with Crippen molar-refractivity contribution in [3.63, 3.8) is 0 Å². The lowest BCUT2D eigenvalue weighted by atomic mass is 10.0. The van der Waals surface area contributed by atoms with Gasteiger partial charge in [0, 0.05) is 5.39 Å². The van der Waals surface area contributed by atoms with E-state index in [4.69, 9.17) is 5.11 Å². The van der Waals surface area contributed by atoms with Crippen LogP contribution in [0.3, 0.4) is 0 Å². The first kappa shape index (κ1) is 20.8. The first-order valence-corrected chi connectivity index (χ1v) is 10.8. The summed E-state index contributed by atoms with van der Waals surface area (Å²) in [5.41, 5.74) is 3.30. The average molecular weight is 431 g/mol. The fraction of sp³-hybridized carbons (Fsp3) is 0.0800. The van der Waals surface area contributed by atoms with Crippen LogP contribution in [0.1, 0.15) is 21.5 Å². The highest BCUT2D eigenvalue weighted by Gasteiger charge is 2.14. The molecule has 156 valence electrons. The van der Waals surface area contributed by atoms with Crippen molar-refractivity contribution in [2.45, 2.75) is 12.8 Å². The molecular weight excluding hydrogens is 410 g/mol. The summed E-state index contributed by atoms with van der Waals surface area (Å²) in [7, 11) is 0. The molecule has 5 nitrogen and oxygen atoms in total. The zero-order chi connectivity index (χ0) is 21.8. The number of aryl methyl sites for hydroxylation is 2. The van der Waals surface area contributed by atoms with Gasteiger partial charge in [-0.25, -0.2) is 4.79 Å². The second kappa shape index (κ2) is 9.12. The zero-order valence-electron chi connectivity index (χ0n) is 16.6. The van der Waals surface area contributed by atoms with E-state index in [1.807, 2.05) is 60.7 Å². The number of carbonyl (C=O) groups is 1. The third-order valence-corrected chi connectivity index (χ3v) is 5.86. The van der Waals surface area contributed by atoms with E-state index in [2.05, 4.69) is 0 Å². The van der Waals surface area contributed by atoms with Gasteiger partial charge >= 0.3 is 5.97 Å². The fourth-order valence-corrected chi connectivity index (χ4v) is 4.28. The highest BCUT2D eigenvalue weighted by molar-refractivity contribution is 7.81. The first-order chi connectivity index (χ1) is 15.0. The SMILES string of the molecule is O=C(O)c1cccc(CCc2cccc(N(c3cccc4ccccc34)S(=O)[O-])c2)c1. The van der Waals surface area contributed by atoms with E-state index >= 15 is 0 Å². The quantitative estimate of drug-likeness (QED) is 0.406. The van der Waals surface area contributed by atoms with Crippen molar-refractivity contribution in [3.8, 4) is 0 Å². The lowest BCUT2D eigenvalue weighted by Gasteiger charge is -2.28. The Labute approximate surface area is 183 Å². The van der Waals surface area contributed by atoms with E-state index in [0.29, 0.717) is 24.2 Å². The van der Waals surface area contributed by atoms with Crippen LogP contribution in [0, 0.1) is 0 Å². The number of carboxylic acid groups (broad SMARTS) is 1. The van der Waals surface area contributed by atoms with Gasteiger partial charge in [-0.05, 0) is 59.7 Å². The van der Waals surface area contributed by atoms with Gasteiger partial charge in [0.15, 0.2) is 0 Å². The van der Waals surface area contributed by atoms with Crippen molar-refractivity contribution in [1.82, 2.24) is 0 Å². The van der Waals surface area contributed by atoms with E-state index in [1.54, 1.807) is 30.3 Å². The Morgan fingerprint density at radius 3 is 2.23 bits per heavy atom. The number of anilines is 2. The van der Waals surface area contributed by atoms with Gasteiger partial charge in [0.2, 0.25) is 0 Å². The Morgan fingerprint density at radius 1 is 0.839 bits per heavy atom. The molecule has 0 spiro atoms. The number of hydrogen-bond acceptors (Lipinski definition) is 3. The molecule has 0 heterocycles. The van der Waals surface area contributed by atoms with Crippen LogP contribution in [-0.2, 0) is 24.1 Å². The van der Waals surface area contributed by atoms with Crippen LogP contribution in [0.4, 0.5) is 11.4 Å². The number of nitrogens with zero attached hydrogens (tertiary/aromatic N) is 1. The average Bonchev–Trinajstić information content (AvgIpc) is 2.78. The van der Waals surface area contributed by atoms with Crippen molar-refractivity contribution in [2.75, 3.05) is 4.31 Å². The molecular formula is C25H20NO4S-. The van der Waals surface area contributed by atoms with Crippen molar-refractivity contribution in [3.05, 3.63) is 108 Å². The summed E-state index contributed by atoms with van der Waals surface area (Å²) in [6.45, 7) is 0. The minimum Gasteiger partial charge on any atom is -0.755 e. The van der Waals surface area contributed by atoms with E-state index in [1.165, 1.54) is 4.31 Å². The molecule has 6 heteroatoms. The zero-order valence-corrected chi connectivity index (χ0v) is 17.4. The minimum absolute atomic E-state index is 0.259. The molecule has 0 fully saturated rings. The van der Waals surface area contributed by atoms with Crippen molar-refractivity contribution in [2.24, 2.45) is 0 Å². The fourth-order valence-electron chi connectivity index (χ4n) is 3.68. The Kier molecular flexibility index (Phi) is 6.11. The van der Waals surface area contributed by atoms with Crippen LogP contribution in [0.2, 0.25) is 0 Å². The van der Waals surface area contributed by atoms with E-state index in [9.17, 15) is 13.6 Å². The number of benzene rings is 4. The van der Waals surface area contributed by atoms with Gasteiger partial charge in [-0.2, -0.15) is 0 Å². The van der Waals surface area contributed by atoms with Gasteiger partial charge in [0.25, 0.3) is 0 Å². The molecule has 0 aliphatic rings. The molecule has 0 aromatic heterocycles. The van der Waals surface area contributed by atoms with Crippen molar-refractivity contribution in [1.29, 1.82) is 0 Å². The van der Waals surface area contributed by atoms with Gasteiger partial charge in [0.1, 0.15) is 0 Å². The van der Waals surface area contributed by atoms with E-state index in [-0.39, 0.29) is 5.56 Å². The molecule has 1 atom stereocenters. The number of fused-ring (bicyclic) bond motifs is 1. The summed E-state index contributed by atoms with van der Waals surface area (Å²) in [6.07, 6.45) is 1.31.